The Morgan fingerprint density at radius 3 is 2.75 bits per heavy atom. The van der Waals surface area contributed by atoms with Crippen LogP contribution in [-0.2, 0) is 5.75 Å². The Labute approximate surface area is 128 Å². The Bertz CT molecular complexity index is 416. The van der Waals surface area contributed by atoms with Crippen molar-refractivity contribution < 1.29 is 0 Å². The first-order valence-electron chi connectivity index (χ1n) is 7.94. The van der Waals surface area contributed by atoms with Crippen LogP contribution < -0.4 is 5.32 Å². The Balaban J connectivity index is 1.94. The van der Waals surface area contributed by atoms with Crippen molar-refractivity contribution in [2.45, 2.75) is 57.1 Å². The summed E-state index contributed by atoms with van der Waals surface area (Å²) in [5.41, 5.74) is 2.84. The van der Waals surface area contributed by atoms with Gasteiger partial charge in [0.05, 0.1) is 0 Å². The first-order valence-corrected chi connectivity index (χ1v) is 8.99. The second-order valence-electron chi connectivity index (χ2n) is 6.55. The van der Waals surface area contributed by atoms with Gasteiger partial charge in [0.2, 0.25) is 0 Å². The molecule has 2 rings (SSSR count). The maximum absolute atomic E-state index is 3.54. The van der Waals surface area contributed by atoms with Crippen LogP contribution in [0.4, 0.5) is 0 Å². The number of hydrogen-bond donors (Lipinski definition) is 1. The van der Waals surface area contributed by atoms with Crippen molar-refractivity contribution in [2.75, 3.05) is 7.05 Å². The number of aryl methyl sites for hydroxylation is 1. The third kappa shape index (κ3) is 4.26. The Morgan fingerprint density at radius 2 is 2.10 bits per heavy atom. The van der Waals surface area contributed by atoms with Gasteiger partial charge < -0.3 is 5.32 Å². The molecule has 1 aliphatic rings. The zero-order chi connectivity index (χ0) is 14.5. The largest absolute Gasteiger partial charge is 0.316 e. The molecule has 1 fully saturated rings. The second kappa shape index (κ2) is 7.51. The molecule has 3 atom stereocenters. The molecular weight excluding hydrogens is 262 g/mol. The number of nitrogens with one attached hydrogen (secondary N) is 1. The summed E-state index contributed by atoms with van der Waals surface area (Å²) >= 11 is 2.15. The van der Waals surface area contributed by atoms with Gasteiger partial charge >= 0.3 is 0 Å². The molecule has 112 valence electrons. The van der Waals surface area contributed by atoms with Crippen molar-refractivity contribution in [1.29, 1.82) is 0 Å². The molecule has 1 nitrogen and oxygen atoms in total. The number of hydrogen-bond acceptors (Lipinski definition) is 2. The van der Waals surface area contributed by atoms with Crippen LogP contribution in [0.3, 0.4) is 0 Å². The van der Waals surface area contributed by atoms with Gasteiger partial charge in [-0.2, -0.15) is 11.8 Å². The highest BCUT2D eigenvalue weighted by molar-refractivity contribution is 7.99. The van der Waals surface area contributed by atoms with E-state index in [1.807, 2.05) is 0 Å². The fourth-order valence-corrected chi connectivity index (χ4v) is 4.76. The van der Waals surface area contributed by atoms with E-state index in [-0.39, 0.29) is 0 Å². The monoisotopic (exact) mass is 291 g/mol. The van der Waals surface area contributed by atoms with E-state index in [2.05, 4.69) is 69.2 Å². The third-order valence-corrected chi connectivity index (χ3v) is 6.14. The van der Waals surface area contributed by atoms with Crippen molar-refractivity contribution in [2.24, 2.45) is 11.8 Å². The van der Waals surface area contributed by atoms with Gasteiger partial charge in [0, 0.05) is 17.0 Å². The normalized spacial score (nSPS) is 26.9. The quantitative estimate of drug-likeness (QED) is 0.848. The smallest absolute Gasteiger partial charge is 0.0207 e. The van der Waals surface area contributed by atoms with Crippen LogP contribution in [0.25, 0.3) is 0 Å². The van der Waals surface area contributed by atoms with E-state index in [0.717, 1.165) is 22.8 Å². The number of benzene rings is 1. The van der Waals surface area contributed by atoms with Crippen LogP contribution in [0.5, 0.6) is 0 Å². The molecule has 1 aliphatic carbocycles. The van der Waals surface area contributed by atoms with E-state index in [1.54, 1.807) is 0 Å². The highest BCUT2D eigenvalue weighted by Gasteiger charge is 2.31. The van der Waals surface area contributed by atoms with Gasteiger partial charge in [-0.1, -0.05) is 43.7 Å². The van der Waals surface area contributed by atoms with E-state index in [9.17, 15) is 0 Å². The van der Waals surface area contributed by atoms with Crippen LogP contribution in [0.1, 0.15) is 44.2 Å². The molecule has 0 saturated heterocycles. The molecule has 3 unspecified atom stereocenters. The number of thioether (sulfide) groups is 1. The summed E-state index contributed by atoms with van der Waals surface area (Å²) in [4.78, 5) is 0. The van der Waals surface area contributed by atoms with Gasteiger partial charge in [0.1, 0.15) is 0 Å². The molecule has 0 radical (unpaired) electrons. The van der Waals surface area contributed by atoms with Gasteiger partial charge in [-0.25, -0.2) is 0 Å². The van der Waals surface area contributed by atoms with Crippen molar-refractivity contribution in [1.82, 2.24) is 5.32 Å². The second-order valence-corrected chi connectivity index (χ2v) is 7.78. The van der Waals surface area contributed by atoms with Crippen molar-refractivity contribution in [3.8, 4) is 0 Å². The number of rotatable bonds is 5. The van der Waals surface area contributed by atoms with Crippen molar-refractivity contribution in [3.63, 3.8) is 0 Å². The minimum Gasteiger partial charge on any atom is -0.316 e. The minimum absolute atomic E-state index is 0.694. The molecule has 1 aromatic rings. The summed E-state index contributed by atoms with van der Waals surface area (Å²) in [5.74, 6) is 2.89. The lowest BCUT2D eigenvalue weighted by molar-refractivity contribution is 0.251. The summed E-state index contributed by atoms with van der Waals surface area (Å²) in [7, 11) is 2.13. The van der Waals surface area contributed by atoms with Gasteiger partial charge in [0.25, 0.3) is 0 Å². The maximum atomic E-state index is 3.54. The first kappa shape index (κ1) is 15.9. The third-order valence-electron chi connectivity index (χ3n) is 4.69. The van der Waals surface area contributed by atoms with E-state index in [1.165, 1.54) is 30.4 Å². The summed E-state index contributed by atoms with van der Waals surface area (Å²) in [6.07, 6.45) is 4.11. The predicted octanol–water partition coefficient (Wildman–Crippen LogP) is 4.64. The van der Waals surface area contributed by atoms with Gasteiger partial charge in [-0.05, 0) is 50.6 Å². The summed E-state index contributed by atoms with van der Waals surface area (Å²) in [6.45, 7) is 6.94. The molecule has 1 N–H and O–H groups in total. The van der Waals surface area contributed by atoms with E-state index in [0.29, 0.717) is 6.04 Å². The Hall–Kier alpha value is -0.470. The maximum Gasteiger partial charge on any atom is 0.0207 e. The topological polar surface area (TPSA) is 12.0 Å². The highest BCUT2D eigenvalue weighted by atomic mass is 32.2. The van der Waals surface area contributed by atoms with Crippen LogP contribution in [0, 0.1) is 18.8 Å². The highest BCUT2D eigenvalue weighted by Crippen LogP contribution is 2.37. The molecule has 0 amide bonds. The van der Waals surface area contributed by atoms with E-state index >= 15 is 0 Å². The van der Waals surface area contributed by atoms with E-state index < -0.39 is 0 Å². The Morgan fingerprint density at radius 1 is 1.30 bits per heavy atom. The van der Waals surface area contributed by atoms with Crippen molar-refractivity contribution in [3.05, 3.63) is 35.4 Å². The molecule has 2 heteroatoms. The van der Waals surface area contributed by atoms with Crippen LogP contribution in [0.15, 0.2) is 24.3 Å². The lowest BCUT2D eigenvalue weighted by Crippen LogP contribution is -2.41. The molecular formula is C18H29NS. The first-order chi connectivity index (χ1) is 9.60. The lowest BCUT2D eigenvalue weighted by atomic mass is 9.79. The molecule has 1 aromatic carbocycles. The zero-order valence-corrected chi connectivity index (χ0v) is 14.2. The summed E-state index contributed by atoms with van der Waals surface area (Å²) in [6, 6.07) is 9.64. The molecule has 0 heterocycles. The molecule has 20 heavy (non-hydrogen) atoms. The molecule has 0 bridgehead atoms. The van der Waals surface area contributed by atoms with Crippen LogP contribution in [-0.4, -0.2) is 18.3 Å². The van der Waals surface area contributed by atoms with Gasteiger partial charge in [-0.15, -0.1) is 0 Å². The fourth-order valence-electron chi connectivity index (χ4n) is 3.29. The van der Waals surface area contributed by atoms with Gasteiger partial charge in [0.15, 0.2) is 0 Å². The predicted molar refractivity (Wildman–Crippen MR) is 91.3 cm³/mol. The lowest BCUT2D eigenvalue weighted by Gasteiger charge is -2.37. The van der Waals surface area contributed by atoms with Crippen LogP contribution in [0.2, 0.25) is 0 Å². The molecule has 0 aliphatic heterocycles. The van der Waals surface area contributed by atoms with E-state index in [4.69, 9.17) is 0 Å². The standard InChI is InChI=1S/C18H29NS/c1-13(2)16-8-9-17(19-4)18(11-16)20-12-15-7-5-6-14(3)10-15/h5-7,10,13,16-19H,8-9,11-12H2,1-4H3. The fraction of sp³-hybridized carbons (Fsp3) is 0.667. The van der Waals surface area contributed by atoms with Crippen molar-refractivity contribution >= 4 is 11.8 Å². The Kier molecular flexibility index (Phi) is 5.98. The molecule has 0 spiro atoms. The molecule has 0 aromatic heterocycles. The molecule has 1 saturated carbocycles. The summed E-state index contributed by atoms with van der Waals surface area (Å²) < 4.78 is 0. The summed E-state index contributed by atoms with van der Waals surface area (Å²) in [5, 5.41) is 4.31. The zero-order valence-electron chi connectivity index (χ0n) is 13.4. The van der Waals surface area contributed by atoms with Crippen LogP contribution >= 0.6 is 11.8 Å². The average Bonchev–Trinajstić information content (AvgIpc) is 2.44. The minimum atomic E-state index is 0.694. The van der Waals surface area contributed by atoms with Gasteiger partial charge in [-0.3, -0.25) is 0 Å². The average molecular weight is 292 g/mol. The SMILES string of the molecule is CNC1CCC(C(C)C)CC1SCc1cccc(C)c1.